The minimum atomic E-state index is 0.0808. The molecule has 0 amide bonds. The highest BCUT2D eigenvalue weighted by Crippen LogP contribution is 2.45. The summed E-state index contributed by atoms with van der Waals surface area (Å²) in [5.74, 6) is 0.879. The zero-order valence-electron chi connectivity index (χ0n) is 15.5. The van der Waals surface area contributed by atoms with Crippen molar-refractivity contribution in [1.82, 2.24) is 4.90 Å². The van der Waals surface area contributed by atoms with E-state index in [2.05, 4.69) is 17.1 Å². The lowest BCUT2D eigenvalue weighted by atomic mass is 9.79. The third-order valence-corrected chi connectivity index (χ3v) is 5.05. The third kappa shape index (κ3) is 2.39. The maximum Gasteiger partial charge on any atom is 0.194 e. The van der Waals surface area contributed by atoms with Gasteiger partial charge in [-0.1, -0.05) is 30.3 Å². The fraction of sp³-hybridized carbons (Fsp3) is 0.174. The second-order valence-electron chi connectivity index (χ2n) is 6.87. The number of Topliss-reactive ketones (excluding diaryl/α,β-unsaturated/α-hetero) is 1. The number of ketones is 1. The van der Waals surface area contributed by atoms with E-state index >= 15 is 0 Å². The summed E-state index contributed by atoms with van der Waals surface area (Å²) < 4.78 is 5.32. The van der Waals surface area contributed by atoms with E-state index in [0.717, 1.165) is 50.4 Å². The fourth-order valence-corrected chi connectivity index (χ4v) is 3.66. The molecule has 0 unspecified atom stereocenters. The summed E-state index contributed by atoms with van der Waals surface area (Å²) in [6.07, 6.45) is 4.28. The van der Waals surface area contributed by atoms with Gasteiger partial charge in [-0.2, -0.15) is 0 Å². The van der Waals surface area contributed by atoms with E-state index in [0.29, 0.717) is 0 Å². The molecule has 0 N–H and O–H groups in total. The molecule has 0 aliphatic heterocycles. The second kappa shape index (κ2) is 6.03. The van der Waals surface area contributed by atoms with Gasteiger partial charge in [0.2, 0.25) is 0 Å². The lowest BCUT2D eigenvalue weighted by Crippen LogP contribution is -2.14. The van der Waals surface area contributed by atoms with Gasteiger partial charge in [0.05, 0.1) is 7.11 Å². The van der Waals surface area contributed by atoms with Crippen molar-refractivity contribution in [2.45, 2.75) is 6.92 Å². The summed E-state index contributed by atoms with van der Waals surface area (Å²) in [6.45, 7) is 2.02. The molecule has 2 aliphatic rings. The highest BCUT2D eigenvalue weighted by atomic mass is 16.5. The van der Waals surface area contributed by atoms with Crippen LogP contribution in [-0.4, -0.2) is 31.9 Å². The van der Waals surface area contributed by atoms with Crippen LogP contribution in [0.25, 0.3) is 11.1 Å². The van der Waals surface area contributed by atoms with Gasteiger partial charge >= 0.3 is 0 Å². The van der Waals surface area contributed by atoms with Crippen molar-refractivity contribution in [2.75, 3.05) is 21.2 Å². The topological polar surface area (TPSA) is 29.5 Å². The smallest absolute Gasteiger partial charge is 0.194 e. The Bertz CT molecular complexity index is 1020. The van der Waals surface area contributed by atoms with Gasteiger partial charge in [-0.25, -0.2) is 0 Å². The summed E-state index contributed by atoms with van der Waals surface area (Å²) in [4.78, 5) is 15.5. The summed E-state index contributed by atoms with van der Waals surface area (Å²) in [5.41, 5.74) is 7.76. The second-order valence-corrected chi connectivity index (χ2v) is 6.87. The molecule has 0 saturated heterocycles. The van der Waals surface area contributed by atoms with E-state index in [1.54, 1.807) is 7.11 Å². The van der Waals surface area contributed by atoms with Gasteiger partial charge in [-0.15, -0.1) is 0 Å². The molecular weight excluding hydrogens is 322 g/mol. The Hall–Kier alpha value is -3.07. The van der Waals surface area contributed by atoms with Crippen LogP contribution in [0.3, 0.4) is 0 Å². The van der Waals surface area contributed by atoms with Crippen molar-refractivity contribution in [3.8, 4) is 5.75 Å². The van der Waals surface area contributed by atoms with Gasteiger partial charge in [-0.3, -0.25) is 4.79 Å². The molecule has 130 valence electrons. The Kier molecular flexibility index (Phi) is 3.80. The molecule has 26 heavy (non-hydrogen) atoms. The summed E-state index contributed by atoms with van der Waals surface area (Å²) in [7, 11) is 5.70. The van der Waals surface area contributed by atoms with Crippen molar-refractivity contribution >= 4 is 16.9 Å². The molecule has 3 heteroatoms. The normalized spacial score (nSPS) is 15.3. The van der Waals surface area contributed by atoms with E-state index in [9.17, 15) is 4.79 Å². The number of benzene rings is 2. The predicted octanol–water partition coefficient (Wildman–Crippen LogP) is 4.50. The Labute approximate surface area is 153 Å². The van der Waals surface area contributed by atoms with Crippen molar-refractivity contribution < 1.29 is 9.53 Å². The van der Waals surface area contributed by atoms with E-state index in [4.69, 9.17) is 4.74 Å². The molecular formula is C23H21NO2. The van der Waals surface area contributed by atoms with E-state index in [1.165, 1.54) is 0 Å². The van der Waals surface area contributed by atoms with Crippen LogP contribution in [0.1, 0.15) is 27.0 Å². The van der Waals surface area contributed by atoms with Crippen molar-refractivity contribution in [1.29, 1.82) is 0 Å². The number of aryl methyl sites for hydroxylation is 1. The SMILES string of the molecule is COc1ccc(C2=C3C=C(N(C)C)C=C3c3ccccc3C2=O)c(C)c1. The molecule has 0 aromatic heterocycles. The molecule has 2 aliphatic carbocycles. The van der Waals surface area contributed by atoms with E-state index in [1.807, 2.05) is 63.5 Å². The molecule has 0 atom stereocenters. The van der Waals surface area contributed by atoms with Gasteiger partial charge in [0.25, 0.3) is 0 Å². The average molecular weight is 343 g/mol. The molecule has 0 heterocycles. The highest BCUT2D eigenvalue weighted by molar-refractivity contribution is 6.36. The first-order chi connectivity index (χ1) is 12.5. The standard InChI is InChI=1S/C23H21NO2/c1-14-11-16(26-4)9-10-17(14)22-21-13-15(24(2)3)12-20(21)18-7-5-6-8-19(18)23(22)25/h5-13H,1-4H3. The lowest BCUT2D eigenvalue weighted by Gasteiger charge is -2.22. The van der Waals surface area contributed by atoms with Crippen molar-refractivity contribution in [3.05, 3.63) is 88.1 Å². The molecule has 4 rings (SSSR count). The molecule has 0 radical (unpaired) electrons. The first kappa shape index (κ1) is 16.4. The van der Waals surface area contributed by atoms with Crippen LogP contribution in [-0.2, 0) is 0 Å². The Morgan fingerprint density at radius 2 is 1.65 bits per heavy atom. The minimum absolute atomic E-state index is 0.0808. The molecule has 2 aromatic rings. The van der Waals surface area contributed by atoms with Crippen LogP contribution in [0.4, 0.5) is 0 Å². The van der Waals surface area contributed by atoms with Gasteiger partial charge in [0.1, 0.15) is 5.75 Å². The predicted molar refractivity (Wildman–Crippen MR) is 105 cm³/mol. The Morgan fingerprint density at radius 3 is 2.31 bits per heavy atom. The van der Waals surface area contributed by atoms with Gasteiger partial charge < -0.3 is 9.64 Å². The molecule has 2 aromatic carbocycles. The molecule has 0 fully saturated rings. The maximum absolute atomic E-state index is 13.4. The first-order valence-electron chi connectivity index (χ1n) is 8.65. The number of rotatable bonds is 3. The number of fused-ring (bicyclic) bond motifs is 3. The number of nitrogens with zero attached hydrogens (tertiary/aromatic N) is 1. The lowest BCUT2D eigenvalue weighted by molar-refractivity contribution is 0.105. The van der Waals surface area contributed by atoms with Crippen LogP contribution in [0, 0.1) is 6.92 Å². The van der Waals surface area contributed by atoms with Crippen LogP contribution in [0.15, 0.2) is 65.9 Å². The summed E-state index contributed by atoms with van der Waals surface area (Å²) in [6, 6.07) is 13.7. The van der Waals surface area contributed by atoms with Gasteiger partial charge in [0, 0.05) is 30.9 Å². The average Bonchev–Trinajstić information content (AvgIpc) is 3.08. The van der Waals surface area contributed by atoms with Gasteiger partial charge in [0.15, 0.2) is 5.78 Å². The molecule has 0 bridgehead atoms. The van der Waals surface area contributed by atoms with Crippen molar-refractivity contribution in [2.24, 2.45) is 0 Å². The summed E-state index contributed by atoms with van der Waals surface area (Å²) >= 11 is 0. The number of carbonyl (C=O) groups is 1. The van der Waals surface area contributed by atoms with Crippen molar-refractivity contribution in [3.63, 3.8) is 0 Å². The maximum atomic E-state index is 13.4. The monoisotopic (exact) mass is 343 g/mol. The van der Waals surface area contributed by atoms with Gasteiger partial charge in [-0.05, 0) is 59.0 Å². The van der Waals surface area contributed by atoms with Crippen LogP contribution < -0.4 is 4.74 Å². The number of hydrogen-bond donors (Lipinski definition) is 0. The zero-order valence-corrected chi connectivity index (χ0v) is 15.5. The quantitative estimate of drug-likeness (QED) is 0.822. The van der Waals surface area contributed by atoms with Crippen LogP contribution >= 0.6 is 0 Å². The van der Waals surface area contributed by atoms with E-state index < -0.39 is 0 Å². The number of ether oxygens (including phenoxy) is 1. The number of allylic oxidation sites excluding steroid dienone is 5. The number of hydrogen-bond acceptors (Lipinski definition) is 3. The highest BCUT2D eigenvalue weighted by Gasteiger charge is 2.32. The number of methoxy groups -OCH3 is 1. The Balaban J connectivity index is 2.00. The summed E-state index contributed by atoms with van der Waals surface area (Å²) in [5, 5.41) is 0. The van der Waals surface area contributed by atoms with Crippen LogP contribution in [0.2, 0.25) is 0 Å². The van der Waals surface area contributed by atoms with Crippen LogP contribution in [0.5, 0.6) is 5.75 Å². The largest absolute Gasteiger partial charge is 0.497 e. The number of likely N-dealkylation sites (N-methyl/N-ethyl adjacent to an activating group) is 1. The fourth-order valence-electron chi connectivity index (χ4n) is 3.66. The Morgan fingerprint density at radius 1 is 0.923 bits per heavy atom. The zero-order chi connectivity index (χ0) is 18.4. The minimum Gasteiger partial charge on any atom is -0.497 e. The third-order valence-electron chi connectivity index (χ3n) is 5.05. The molecule has 0 spiro atoms. The first-order valence-corrected chi connectivity index (χ1v) is 8.65. The van der Waals surface area contributed by atoms with E-state index in [-0.39, 0.29) is 5.78 Å². The number of carbonyl (C=O) groups excluding carboxylic acids is 1. The molecule has 0 saturated carbocycles. The molecule has 3 nitrogen and oxygen atoms in total.